The van der Waals surface area contributed by atoms with Gasteiger partial charge in [-0.1, -0.05) is 24.3 Å². The highest BCUT2D eigenvalue weighted by Gasteiger charge is 2.25. The SMILES string of the molecule is O=S(O)Oc1c(-c2[nH]c3ccccc3c2OS(=O)(=O)O)[nH]c2ccccc12. The van der Waals surface area contributed by atoms with Crippen molar-refractivity contribution in [1.82, 2.24) is 9.97 Å². The summed E-state index contributed by atoms with van der Waals surface area (Å²) in [4.78, 5) is 6.00. The summed E-state index contributed by atoms with van der Waals surface area (Å²) in [6.07, 6.45) is 0. The molecule has 27 heavy (non-hydrogen) atoms. The fourth-order valence-corrected chi connectivity index (χ4v) is 3.63. The molecule has 1 unspecified atom stereocenters. The summed E-state index contributed by atoms with van der Waals surface area (Å²) < 4.78 is 62.2. The third-order valence-corrected chi connectivity index (χ3v) is 4.60. The number of aromatic amines is 2. The Labute approximate surface area is 155 Å². The lowest BCUT2D eigenvalue weighted by atomic mass is 10.2. The largest absolute Gasteiger partial charge is 0.446 e. The monoisotopic (exact) mass is 408 g/mol. The first-order valence-corrected chi connectivity index (χ1v) is 9.91. The van der Waals surface area contributed by atoms with Crippen molar-refractivity contribution >= 4 is 43.6 Å². The van der Waals surface area contributed by atoms with Crippen LogP contribution < -0.4 is 8.37 Å². The number of benzene rings is 2. The molecule has 0 spiro atoms. The quantitative estimate of drug-likeness (QED) is 0.294. The summed E-state index contributed by atoms with van der Waals surface area (Å²) in [7, 11) is -4.82. The molecule has 9 nitrogen and oxygen atoms in total. The van der Waals surface area contributed by atoms with Crippen molar-refractivity contribution in [1.29, 1.82) is 0 Å². The number of hydrogen-bond donors (Lipinski definition) is 4. The van der Waals surface area contributed by atoms with Gasteiger partial charge in [-0.15, -0.1) is 0 Å². The number of para-hydroxylation sites is 2. The molecule has 0 aliphatic rings. The van der Waals surface area contributed by atoms with Gasteiger partial charge in [-0.3, -0.25) is 9.11 Å². The normalized spacial score (nSPS) is 13.1. The van der Waals surface area contributed by atoms with Crippen LogP contribution in [0.5, 0.6) is 11.5 Å². The highest BCUT2D eigenvalue weighted by Crippen LogP contribution is 2.44. The van der Waals surface area contributed by atoms with Crippen molar-refractivity contribution in [2.24, 2.45) is 0 Å². The molecule has 0 saturated carbocycles. The van der Waals surface area contributed by atoms with Gasteiger partial charge in [0.2, 0.25) is 0 Å². The number of fused-ring (bicyclic) bond motifs is 2. The Kier molecular flexibility index (Phi) is 4.15. The number of aromatic nitrogens is 2. The van der Waals surface area contributed by atoms with E-state index in [2.05, 4.69) is 9.97 Å². The zero-order valence-corrected chi connectivity index (χ0v) is 15.0. The summed E-state index contributed by atoms with van der Waals surface area (Å²) in [5.41, 5.74) is 1.43. The molecule has 0 aliphatic heterocycles. The van der Waals surface area contributed by atoms with E-state index in [1.54, 1.807) is 48.5 Å². The zero-order chi connectivity index (χ0) is 19.2. The van der Waals surface area contributed by atoms with Gasteiger partial charge in [-0.05, 0) is 24.3 Å². The molecular formula is C16H12N2O7S2. The number of rotatable bonds is 5. The summed E-state index contributed by atoms with van der Waals surface area (Å²) in [6, 6.07) is 13.5. The van der Waals surface area contributed by atoms with Crippen LogP contribution in [0.1, 0.15) is 0 Å². The minimum absolute atomic E-state index is 0.0261. The van der Waals surface area contributed by atoms with Crippen LogP contribution in [0.15, 0.2) is 48.5 Å². The van der Waals surface area contributed by atoms with Crippen LogP contribution in [0, 0.1) is 0 Å². The molecule has 0 fully saturated rings. The fraction of sp³-hybridized carbons (Fsp3) is 0. The predicted octanol–water partition coefficient (Wildman–Crippen LogP) is 3.01. The highest BCUT2D eigenvalue weighted by molar-refractivity contribution is 7.81. The molecule has 4 aromatic rings. The van der Waals surface area contributed by atoms with E-state index in [-0.39, 0.29) is 22.9 Å². The second-order valence-corrected chi connectivity index (χ2v) is 7.18. The topological polar surface area (TPSA) is 142 Å². The van der Waals surface area contributed by atoms with Gasteiger partial charge >= 0.3 is 21.8 Å². The van der Waals surface area contributed by atoms with Gasteiger partial charge in [0.15, 0.2) is 11.5 Å². The number of H-pyrrole nitrogens is 2. The van der Waals surface area contributed by atoms with Gasteiger partial charge in [0.05, 0.1) is 0 Å². The average Bonchev–Trinajstić information content (AvgIpc) is 3.12. The molecule has 140 valence electrons. The van der Waals surface area contributed by atoms with Crippen molar-refractivity contribution in [3.8, 4) is 22.9 Å². The first-order valence-electron chi connectivity index (χ1n) is 7.51. The van der Waals surface area contributed by atoms with E-state index in [1.165, 1.54) is 0 Å². The summed E-state index contributed by atoms with van der Waals surface area (Å²) >= 11 is -2.62. The minimum Gasteiger partial charge on any atom is -0.377 e. The maximum Gasteiger partial charge on any atom is 0.446 e. The molecule has 2 aromatic heterocycles. The molecule has 2 heterocycles. The van der Waals surface area contributed by atoms with Crippen LogP contribution >= 0.6 is 0 Å². The summed E-state index contributed by atoms with van der Waals surface area (Å²) in [5, 5.41) is 0.895. The summed E-state index contributed by atoms with van der Waals surface area (Å²) in [6.45, 7) is 0. The molecule has 0 amide bonds. The van der Waals surface area contributed by atoms with Gasteiger partial charge in [0.25, 0.3) is 0 Å². The maximum atomic E-state index is 11.4. The Morgan fingerprint density at radius 3 is 1.85 bits per heavy atom. The average molecular weight is 408 g/mol. The third kappa shape index (κ3) is 3.28. The fourth-order valence-electron chi connectivity index (χ4n) is 2.93. The van der Waals surface area contributed by atoms with E-state index >= 15 is 0 Å². The van der Waals surface area contributed by atoms with Crippen LogP contribution in [0.2, 0.25) is 0 Å². The van der Waals surface area contributed by atoms with Gasteiger partial charge in [-0.2, -0.15) is 12.6 Å². The lowest BCUT2D eigenvalue weighted by Crippen LogP contribution is -2.07. The lowest BCUT2D eigenvalue weighted by Gasteiger charge is -2.06. The van der Waals surface area contributed by atoms with Crippen molar-refractivity contribution < 1.29 is 30.1 Å². The molecule has 0 saturated heterocycles. The molecule has 11 heteroatoms. The van der Waals surface area contributed by atoms with Crippen LogP contribution in [0.4, 0.5) is 0 Å². The lowest BCUT2D eigenvalue weighted by molar-refractivity contribution is 0.388. The number of nitrogens with one attached hydrogen (secondary N) is 2. The zero-order valence-electron chi connectivity index (χ0n) is 13.4. The predicted molar refractivity (Wildman–Crippen MR) is 99.2 cm³/mol. The third-order valence-electron chi connectivity index (χ3n) is 3.91. The highest BCUT2D eigenvalue weighted by atomic mass is 32.3. The van der Waals surface area contributed by atoms with Crippen molar-refractivity contribution in [2.45, 2.75) is 0 Å². The Morgan fingerprint density at radius 1 is 0.852 bits per heavy atom. The van der Waals surface area contributed by atoms with E-state index in [0.29, 0.717) is 21.8 Å². The van der Waals surface area contributed by atoms with E-state index in [1.807, 2.05) is 0 Å². The van der Waals surface area contributed by atoms with Crippen LogP contribution in [-0.4, -0.2) is 31.7 Å². The van der Waals surface area contributed by atoms with Gasteiger partial charge < -0.3 is 18.3 Å². The second kappa shape index (κ2) is 6.39. The second-order valence-electron chi connectivity index (χ2n) is 5.56. The van der Waals surface area contributed by atoms with Crippen molar-refractivity contribution in [3.05, 3.63) is 48.5 Å². The van der Waals surface area contributed by atoms with Gasteiger partial charge in [-0.25, -0.2) is 0 Å². The Hall–Kier alpha value is -2.86. The molecular weight excluding hydrogens is 396 g/mol. The van der Waals surface area contributed by atoms with Crippen LogP contribution in [-0.2, 0) is 21.8 Å². The number of hydrogen-bond acceptors (Lipinski definition) is 5. The molecule has 2 aromatic carbocycles. The van der Waals surface area contributed by atoms with Crippen molar-refractivity contribution in [2.75, 3.05) is 0 Å². The smallest absolute Gasteiger partial charge is 0.377 e. The van der Waals surface area contributed by atoms with E-state index in [4.69, 9.17) is 8.37 Å². The molecule has 4 rings (SSSR count). The van der Waals surface area contributed by atoms with E-state index in [0.717, 1.165) is 0 Å². The van der Waals surface area contributed by atoms with Crippen LogP contribution in [0.25, 0.3) is 33.2 Å². The molecule has 1 atom stereocenters. The standard InChI is InChI=1S/C16H12N2O7S2/c19-26(20)24-15-9-5-1-3-7-11(9)17-13(15)14-16(25-27(21,22)23)10-6-2-4-8-12(10)18-14/h1-8,17-18H,(H,19,20)(H,21,22,23). The first-order chi connectivity index (χ1) is 12.8. The van der Waals surface area contributed by atoms with Gasteiger partial charge in [0, 0.05) is 21.8 Å². The van der Waals surface area contributed by atoms with Crippen molar-refractivity contribution in [3.63, 3.8) is 0 Å². The Bertz CT molecular complexity index is 1290. The first kappa shape index (κ1) is 17.5. The van der Waals surface area contributed by atoms with Gasteiger partial charge in [0.1, 0.15) is 11.4 Å². The van der Waals surface area contributed by atoms with Crippen LogP contribution in [0.3, 0.4) is 0 Å². The maximum absolute atomic E-state index is 11.4. The molecule has 0 bridgehead atoms. The summed E-state index contributed by atoms with van der Waals surface area (Å²) in [5.74, 6) is -0.147. The molecule has 0 aliphatic carbocycles. The minimum atomic E-state index is -4.82. The Balaban J connectivity index is 2.05. The molecule has 4 N–H and O–H groups in total. The molecule has 0 radical (unpaired) electrons. The Morgan fingerprint density at radius 2 is 1.33 bits per heavy atom. The van der Waals surface area contributed by atoms with E-state index < -0.39 is 21.8 Å². The van der Waals surface area contributed by atoms with E-state index in [9.17, 15) is 21.7 Å².